The van der Waals surface area contributed by atoms with Gasteiger partial charge < -0.3 is 9.47 Å². The molecule has 0 heterocycles. The summed E-state index contributed by atoms with van der Waals surface area (Å²) in [6.07, 6.45) is -0.570. The highest BCUT2D eigenvalue weighted by atomic mass is 16.6. The molecule has 2 aromatic rings. The van der Waals surface area contributed by atoms with Gasteiger partial charge in [0.15, 0.2) is 12.0 Å². The topological polar surface area (TPSA) is 52.6 Å². The zero-order valence-electron chi connectivity index (χ0n) is 15.1. The second-order valence-electron chi connectivity index (χ2n) is 6.89. The van der Waals surface area contributed by atoms with E-state index in [9.17, 15) is 9.59 Å². The lowest BCUT2D eigenvalue weighted by atomic mass is 10.0. The highest BCUT2D eigenvalue weighted by molar-refractivity contribution is 5.94. The molecule has 0 N–H and O–H groups in total. The highest BCUT2D eigenvalue weighted by Gasteiger charge is 2.31. The van der Waals surface area contributed by atoms with E-state index in [4.69, 9.17) is 9.47 Å². The Labute approximate surface area is 148 Å². The van der Waals surface area contributed by atoms with Crippen LogP contribution in [-0.4, -0.2) is 17.5 Å². The molecule has 0 aliphatic carbocycles. The number of hydrogen-bond donors (Lipinski definition) is 0. The van der Waals surface area contributed by atoms with Gasteiger partial charge in [0.25, 0.3) is 0 Å². The molecule has 2 aromatic carbocycles. The summed E-state index contributed by atoms with van der Waals surface area (Å²) in [5, 5.41) is 0. The molecule has 1 atom stereocenters. The van der Waals surface area contributed by atoms with E-state index in [1.54, 1.807) is 20.8 Å². The molecule has 0 spiro atoms. The minimum atomic E-state index is -0.992. The summed E-state index contributed by atoms with van der Waals surface area (Å²) in [5.74, 6) is -2.18. The molecule has 2 rings (SSSR count). The van der Waals surface area contributed by atoms with Crippen LogP contribution in [0.2, 0.25) is 0 Å². The third-order valence-corrected chi connectivity index (χ3v) is 3.55. The highest BCUT2D eigenvalue weighted by Crippen LogP contribution is 2.27. The molecule has 0 saturated heterocycles. The van der Waals surface area contributed by atoms with Gasteiger partial charge in [-0.2, -0.15) is 0 Å². The van der Waals surface area contributed by atoms with Gasteiger partial charge in [0.1, 0.15) is 5.60 Å². The molecule has 0 fully saturated rings. The molecule has 0 saturated carbocycles. The van der Waals surface area contributed by atoms with Gasteiger partial charge in [-0.25, -0.2) is 0 Å². The van der Waals surface area contributed by atoms with Gasteiger partial charge in [-0.1, -0.05) is 60.7 Å². The van der Waals surface area contributed by atoms with Gasteiger partial charge in [0.2, 0.25) is 0 Å². The van der Waals surface area contributed by atoms with Crippen molar-refractivity contribution >= 4 is 11.9 Å². The average molecular weight is 340 g/mol. The minimum absolute atomic E-state index is 0.570. The van der Waals surface area contributed by atoms with Gasteiger partial charge in [-0.05, 0) is 38.8 Å². The first-order valence-corrected chi connectivity index (χ1v) is 8.31. The van der Waals surface area contributed by atoms with Gasteiger partial charge in [0.05, 0.1) is 0 Å². The number of carbonyl (C=O) groups is 2. The van der Waals surface area contributed by atoms with Crippen molar-refractivity contribution in [3.05, 3.63) is 71.8 Å². The Morgan fingerprint density at radius 2 is 1.24 bits per heavy atom. The summed E-state index contributed by atoms with van der Waals surface area (Å²) in [7, 11) is 0. The molecule has 4 heteroatoms. The largest absolute Gasteiger partial charge is 0.459 e. The second-order valence-corrected chi connectivity index (χ2v) is 6.89. The lowest BCUT2D eigenvalue weighted by molar-refractivity contribution is -0.169. The fourth-order valence-corrected chi connectivity index (χ4v) is 2.29. The van der Waals surface area contributed by atoms with Crippen molar-refractivity contribution in [2.75, 3.05) is 0 Å². The Kier molecular flexibility index (Phi) is 5.97. The SMILES string of the molecule is CC(C(=O)OC(c1ccccc1)c1ccccc1)C(=O)OC(C)(C)C. The van der Waals surface area contributed by atoms with Crippen molar-refractivity contribution in [1.82, 2.24) is 0 Å². The monoisotopic (exact) mass is 340 g/mol. The molecule has 4 nitrogen and oxygen atoms in total. The van der Waals surface area contributed by atoms with Crippen molar-refractivity contribution in [2.45, 2.75) is 39.4 Å². The molecule has 0 aliphatic heterocycles. The molecule has 0 radical (unpaired) electrons. The zero-order chi connectivity index (χ0) is 18.4. The van der Waals surface area contributed by atoms with E-state index in [0.29, 0.717) is 0 Å². The Morgan fingerprint density at radius 3 is 1.64 bits per heavy atom. The van der Waals surface area contributed by atoms with Crippen LogP contribution in [0.3, 0.4) is 0 Å². The summed E-state index contributed by atoms with van der Waals surface area (Å²) >= 11 is 0. The van der Waals surface area contributed by atoms with Gasteiger partial charge >= 0.3 is 11.9 Å². The zero-order valence-corrected chi connectivity index (χ0v) is 15.1. The number of ether oxygens (including phenoxy) is 2. The number of hydrogen-bond acceptors (Lipinski definition) is 4. The van der Waals surface area contributed by atoms with Crippen LogP contribution in [-0.2, 0) is 19.1 Å². The fourth-order valence-electron chi connectivity index (χ4n) is 2.29. The Bertz CT molecular complexity index is 662. The maximum atomic E-state index is 12.5. The Balaban J connectivity index is 2.20. The normalized spacial score (nSPS) is 12.5. The number of carbonyl (C=O) groups excluding carboxylic acids is 2. The van der Waals surface area contributed by atoms with E-state index in [0.717, 1.165) is 11.1 Å². The molecule has 0 aromatic heterocycles. The molecule has 0 aliphatic rings. The molecule has 25 heavy (non-hydrogen) atoms. The summed E-state index contributed by atoms with van der Waals surface area (Å²) in [4.78, 5) is 24.6. The molecule has 132 valence electrons. The third-order valence-electron chi connectivity index (χ3n) is 3.55. The van der Waals surface area contributed by atoms with Gasteiger partial charge in [-0.3, -0.25) is 9.59 Å². The van der Waals surface area contributed by atoms with Crippen LogP contribution in [0.5, 0.6) is 0 Å². The second kappa shape index (κ2) is 7.97. The van der Waals surface area contributed by atoms with Crippen molar-refractivity contribution in [1.29, 1.82) is 0 Å². The predicted octanol–water partition coefficient (Wildman–Crippen LogP) is 4.30. The fraction of sp³-hybridized carbons (Fsp3) is 0.333. The first-order chi connectivity index (χ1) is 11.8. The maximum Gasteiger partial charge on any atom is 0.320 e. The predicted molar refractivity (Wildman–Crippen MR) is 95.8 cm³/mol. The van der Waals surface area contributed by atoms with Crippen LogP contribution >= 0.6 is 0 Å². The summed E-state index contributed by atoms with van der Waals surface area (Å²) in [6.45, 7) is 6.79. The van der Waals surface area contributed by atoms with Crippen LogP contribution in [0.25, 0.3) is 0 Å². The lowest BCUT2D eigenvalue weighted by Gasteiger charge is -2.24. The first kappa shape index (κ1) is 18.7. The van der Waals surface area contributed by atoms with E-state index >= 15 is 0 Å². The van der Waals surface area contributed by atoms with Crippen LogP contribution in [0.1, 0.15) is 44.9 Å². The van der Waals surface area contributed by atoms with Crippen molar-refractivity contribution < 1.29 is 19.1 Å². The smallest absolute Gasteiger partial charge is 0.320 e. The van der Waals surface area contributed by atoms with Crippen molar-refractivity contribution in [3.63, 3.8) is 0 Å². The van der Waals surface area contributed by atoms with Crippen molar-refractivity contribution in [2.24, 2.45) is 5.92 Å². The van der Waals surface area contributed by atoms with E-state index < -0.39 is 29.6 Å². The average Bonchev–Trinajstić information content (AvgIpc) is 2.58. The first-order valence-electron chi connectivity index (χ1n) is 8.31. The number of esters is 2. The van der Waals surface area contributed by atoms with Crippen LogP contribution in [0.15, 0.2) is 60.7 Å². The third kappa shape index (κ3) is 5.45. The van der Waals surface area contributed by atoms with E-state index in [1.165, 1.54) is 6.92 Å². The van der Waals surface area contributed by atoms with Crippen LogP contribution < -0.4 is 0 Å². The van der Waals surface area contributed by atoms with Crippen LogP contribution in [0, 0.1) is 5.92 Å². The number of benzene rings is 2. The molecular formula is C21H24O4. The lowest BCUT2D eigenvalue weighted by Crippen LogP contribution is -2.32. The van der Waals surface area contributed by atoms with Gasteiger partial charge in [0, 0.05) is 0 Å². The van der Waals surface area contributed by atoms with E-state index in [-0.39, 0.29) is 0 Å². The standard InChI is InChI=1S/C21H24O4/c1-15(20(23)25-21(2,3)4)19(22)24-18(16-11-7-5-8-12-16)17-13-9-6-10-14-17/h5-15,18H,1-4H3. The minimum Gasteiger partial charge on any atom is -0.459 e. The quantitative estimate of drug-likeness (QED) is 0.601. The maximum absolute atomic E-state index is 12.5. The summed E-state index contributed by atoms with van der Waals surface area (Å²) < 4.78 is 11.0. The molecule has 1 unspecified atom stereocenters. The summed E-state index contributed by atoms with van der Waals surface area (Å²) in [6, 6.07) is 18.9. The Morgan fingerprint density at radius 1 is 0.800 bits per heavy atom. The summed E-state index contributed by atoms with van der Waals surface area (Å²) in [5.41, 5.74) is 1.04. The van der Waals surface area contributed by atoms with Gasteiger partial charge in [-0.15, -0.1) is 0 Å². The van der Waals surface area contributed by atoms with Crippen LogP contribution in [0.4, 0.5) is 0 Å². The Hall–Kier alpha value is -2.62. The van der Waals surface area contributed by atoms with E-state index in [1.807, 2.05) is 60.7 Å². The molecule has 0 bridgehead atoms. The molecular weight excluding hydrogens is 316 g/mol. The van der Waals surface area contributed by atoms with E-state index in [2.05, 4.69) is 0 Å². The number of rotatable bonds is 5. The molecule has 0 amide bonds. The van der Waals surface area contributed by atoms with Crippen molar-refractivity contribution in [3.8, 4) is 0 Å².